The van der Waals surface area contributed by atoms with Gasteiger partial charge in [-0.05, 0) is 35.9 Å². The highest BCUT2D eigenvalue weighted by molar-refractivity contribution is 5.97. The number of benzene rings is 2. The van der Waals surface area contributed by atoms with Crippen LogP contribution < -0.4 is 5.73 Å². The first kappa shape index (κ1) is 14.9. The zero-order valence-corrected chi connectivity index (χ0v) is 13.5. The maximum Gasteiger partial charge on any atom is 0.194 e. The van der Waals surface area contributed by atoms with Gasteiger partial charge in [0, 0.05) is 5.56 Å². The van der Waals surface area contributed by atoms with E-state index in [-0.39, 0.29) is 0 Å². The van der Waals surface area contributed by atoms with E-state index in [9.17, 15) is 0 Å². The highest BCUT2D eigenvalue weighted by Crippen LogP contribution is 2.34. The summed E-state index contributed by atoms with van der Waals surface area (Å²) in [7, 11) is 0. The molecule has 0 unspecified atom stereocenters. The van der Waals surface area contributed by atoms with Crippen molar-refractivity contribution in [2.24, 2.45) is 0 Å². The van der Waals surface area contributed by atoms with E-state index < -0.39 is 0 Å². The van der Waals surface area contributed by atoms with E-state index in [0.29, 0.717) is 28.7 Å². The van der Waals surface area contributed by atoms with Gasteiger partial charge in [0.2, 0.25) is 0 Å². The lowest BCUT2D eigenvalue weighted by atomic mass is 10.0. The Labute approximate surface area is 144 Å². The van der Waals surface area contributed by atoms with Gasteiger partial charge >= 0.3 is 0 Å². The molecule has 0 saturated heterocycles. The minimum Gasteiger partial charge on any atom is -0.460 e. The Hall–Kier alpha value is -3.65. The summed E-state index contributed by atoms with van der Waals surface area (Å²) in [6.45, 7) is 9.17. The molecule has 120 valence electrons. The van der Waals surface area contributed by atoms with Crippen molar-refractivity contribution >= 4 is 22.3 Å². The molecule has 0 atom stereocenters. The van der Waals surface area contributed by atoms with Gasteiger partial charge in [0.25, 0.3) is 0 Å². The number of furan rings is 1. The summed E-state index contributed by atoms with van der Waals surface area (Å²) in [4.78, 5) is 12.5. The third-order valence-electron chi connectivity index (χ3n) is 4.02. The summed E-state index contributed by atoms with van der Waals surface area (Å²) < 4.78 is 5.71. The van der Waals surface area contributed by atoms with Crippen LogP contribution in [0.1, 0.15) is 5.76 Å². The molecule has 0 bridgehead atoms. The molecule has 0 fully saturated rings. The lowest BCUT2D eigenvalue weighted by Gasteiger charge is -2.09. The van der Waals surface area contributed by atoms with E-state index in [2.05, 4.69) is 14.8 Å². The third-order valence-corrected chi connectivity index (χ3v) is 4.02. The van der Waals surface area contributed by atoms with Gasteiger partial charge in [-0.1, -0.05) is 30.3 Å². The number of nitrogens with two attached hydrogens (primary N) is 1. The van der Waals surface area contributed by atoms with Crippen molar-refractivity contribution in [3.63, 3.8) is 0 Å². The second kappa shape index (κ2) is 5.77. The van der Waals surface area contributed by atoms with Crippen LogP contribution >= 0.6 is 0 Å². The zero-order valence-electron chi connectivity index (χ0n) is 13.5. The van der Waals surface area contributed by atoms with Crippen LogP contribution in [0.2, 0.25) is 0 Å². The van der Waals surface area contributed by atoms with Crippen molar-refractivity contribution in [2.45, 2.75) is 6.92 Å². The van der Waals surface area contributed by atoms with Crippen LogP contribution in [-0.4, -0.2) is 9.97 Å². The number of hydrogen-bond acceptors (Lipinski definition) is 4. The van der Waals surface area contributed by atoms with E-state index >= 15 is 0 Å². The molecule has 4 rings (SSSR count). The van der Waals surface area contributed by atoms with Crippen LogP contribution in [0.3, 0.4) is 0 Å². The fraction of sp³-hybridized carbons (Fsp3) is 0.0500. The Kier molecular flexibility index (Phi) is 3.44. The number of anilines is 1. The second-order valence-corrected chi connectivity index (χ2v) is 5.73. The summed E-state index contributed by atoms with van der Waals surface area (Å²) in [5, 5.41) is 1.89. The van der Waals surface area contributed by atoms with Gasteiger partial charge in [0.05, 0.1) is 18.5 Å². The standard InChI is InChI=1S/C20H14N4O/c1-12-6-9-17(25-12)20-19(23-11-18(21)24-20)14-7-8-15-13(10-14)4-3-5-16(15)22-2/h3-11H,1H3,(H2,21,24). The topological polar surface area (TPSA) is 69.3 Å². The van der Waals surface area contributed by atoms with Crippen LogP contribution in [-0.2, 0) is 0 Å². The Morgan fingerprint density at radius 2 is 1.96 bits per heavy atom. The number of nitrogen functional groups attached to an aromatic ring is 1. The molecule has 2 heterocycles. The average Bonchev–Trinajstić information content (AvgIpc) is 3.07. The Balaban J connectivity index is 1.93. The lowest BCUT2D eigenvalue weighted by molar-refractivity contribution is 0.546. The molecule has 2 aromatic heterocycles. The van der Waals surface area contributed by atoms with E-state index in [0.717, 1.165) is 22.1 Å². The monoisotopic (exact) mass is 326 g/mol. The van der Waals surface area contributed by atoms with Gasteiger partial charge in [-0.2, -0.15) is 0 Å². The Morgan fingerprint density at radius 3 is 2.72 bits per heavy atom. The molecule has 0 saturated carbocycles. The molecule has 2 N–H and O–H groups in total. The molecule has 5 nitrogen and oxygen atoms in total. The van der Waals surface area contributed by atoms with Gasteiger partial charge in [-0.25, -0.2) is 14.8 Å². The van der Waals surface area contributed by atoms with Gasteiger partial charge in [-0.15, -0.1) is 0 Å². The molecule has 25 heavy (non-hydrogen) atoms. The van der Waals surface area contributed by atoms with Crippen molar-refractivity contribution < 1.29 is 4.42 Å². The highest BCUT2D eigenvalue weighted by Gasteiger charge is 2.15. The Morgan fingerprint density at radius 1 is 1.08 bits per heavy atom. The summed E-state index contributed by atoms with van der Waals surface area (Å²) in [6, 6.07) is 15.3. The van der Waals surface area contributed by atoms with Crippen LogP contribution in [0.15, 0.2) is 59.1 Å². The predicted molar refractivity (Wildman–Crippen MR) is 98.1 cm³/mol. The van der Waals surface area contributed by atoms with Gasteiger partial charge < -0.3 is 10.2 Å². The maximum absolute atomic E-state index is 7.29. The molecule has 0 spiro atoms. The molecule has 2 aromatic carbocycles. The predicted octanol–water partition coefficient (Wildman–Crippen LogP) is 5.00. The van der Waals surface area contributed by atoms with Gasteiger partial charge in [0.15, 0.2) is 11.4 Å². The van der Waals surface area contributed by atoms with Crippen molar-refractivity contribution in [2.75, 3.05) is 5.73 Å². The number of aryl methyl sites for hydroxylation is 1. The smallest absolute Gasteiger partial charge is 0.194 e. The summed E-state index contributed by atoms with van der Waals surface area (Å²) in [5.74, 6) is 1.76. The highest BCUT2D eigenvalue weighted by atomic mass is 16.3. The first-order valence-electron chi connectivity index (χ1n) is 7.75. The molecule has 0 radical (unpaired) electrons. The first-order chi connectivity index (χ1) is 12.2. The average molecular weight is 326 g/mol. The fourth-order valence-electron chi connectivity index (χ4n) is 2.86. The lowest BCUT2D eigenvalue weighted by Crippen LogP contribution is -1.97. The van der Waals surface area contributed by atoms with E-state index in [1.165, 1.54) is 6.20 Å². The number of rotatable bonds is 2. The van der Waals surface area contributed by atoms with Crippen molar-refractivity contribution in [3.05, 3.63) is 71.9 Å². The summed E-state index contributed by atoms with van der Waals surface area (Å²) >= 11 is 0. The minimum atomic E-state index is 0.337. The minimum absolute atomic E-state index is 0.337. The number of fused-ring (bicyclic) bond motifs is 1. The van der Waals surface area contributed by atoms with Gasteiger partial charge in [0.1, 0.15) is 17.3 Å². The van der Waals surface area contributed by atoms with E-state index in [1.807, 2.05) is 55.5 Å². The molecule has 0 amide bonds. The summed E-state index contributed by atoms with van der Waals surface area (Å²) in [6.07, 6.45) is 1.54. The van der Waals surface area contributed by atoms with Crippen molar-refractivity contribution in [1.82, 2.24) is 9.97 Å². The molecule has 0 aliphatic rings. The first-order valence-corrected chi connectivity index (χ1v) is 7.75. The second-order valence-electron chi connectivity index (χ2n) is 5.73. The van der Waals surface area contributed by atoms with Crippen molar-refractivity contribution in [1.29, 1.82) is 0 Å². The number of aromatic nitrogens is 2. The fourth-order valence-corrected chi connectivity index (χ4v) is 2.86. The number of nitrogens with zero attached hydrogens (tertiary/aromatic N) is 3. The maximum atomic E-state index is 7.29. The molecule has 4 aromatic rings. The van der Waals surface area contributed by atoms with E-state index in [4.69, 9.17) is 16.7 Å². The molecule has 0 aliphatic carbocycles. The molecular weight excluding hydrogens is 312 g/mol. The molecule has 5 heteroatoms. The van der Waals surface area contributed by atoms with Crippen LogP contribution in [0.25, 0.3) is 38.3 Å². The Bertz CT molecular complexity index is 1140. The van der Waals surface area contributed by atoms with Crippen LogP contribution in [0.5, 0.6) is 0 Å². The zero-order chi connectivity index (χ0) is 17.4. The van der Waals surface area contributed by atoms with Gasteiger partial charge in [-0.3, -0.25) is 0 Å². The SMILES string of the molecule is [C-]#[N+]c1cccc2cc(-c3ncc(N)nc3-c3ccc(C)o3)ccc12. The van der Waals surface area contributed by atoms with Crippen LogP contribution in [0, 0.1) is 13.5 Å². The molecule has 0 aliphatic heterocycles. The molecular formula is C20H14N4O. The normalized spacial score (nSPS) is 10.7. The third kappa shape index (κ3) is 2.60. The van der Waals surface area contributed by atoms with Crippen molar-refractivity contribution in [3.8, 4) is 22.7 Å². The summed E-state index contributed by atoms with van der Waals surface area (Å²) in [5.41, 5.74) is 8.66. The largest absolute Gasteiger partial charge is 0.460 e. The quantitative estimate of drug-likeness (QED) is 0.526. The van der Waals surface area contributed by atoms with E-state index in [1.54, 1.807) is 0 Å². The van der Waals surface area contributed by atoms with Crippen LogP contribution in [0.4, 0.5) is 11.5 Å². The number of hydrogen-bond donors (Lipinski definition) is 1.